The molecule has 0 bridgehead atoms. The second kappa shape index (κ2) is 12.1. The number of nitrogens with one attached hydrogen (secondary N) is 2. The van der Waals surface area contributed by atoms with Gasteiger partial charge in [0, 0.05) is 5.69 Å². The van der Waals surface area contributed by atoms with Crippen molar-refractivity contribution in [2.75, 3.05) is 19.0 Å². The lowest BCUT2D eigenvalue weighted by atomic mass is 10.1. The fourth-order valence-electron chi connectivity index (χ4n) is 3.91. The van der Waals surface area contributed by atoms with Crippen LogP contribution in [0.3, 0.4) is 0 Å². The molecule has 4 rings (SSSR count). The molecule has 0 radical (unpaired) electrons. The molecule has 10 heteroatoms. The zero-order chi connectivity index (χ0) is 27.2. The van der Waals surface area contributed by atoms with E-state index in [0.29, 0.717) is 31.9 Å². The van der Waals surface area contributed by atoms with Crippen molar-refractivity contribution in [1.82, 2.24) is 10.2 Å². The van der Waals surface area contributed by atoms with Gasteiger partial charge in [-0.2, -0.15) is 0 Å². The molecule has 2 N–H and O–H groups in total. The zero-order valence-electron chi connectivity index (χ0n) is 20.7. The number of carbonyl (C=O) groups is 3. The van der Waals surface area contributed by atoms with Crippen molar-refractivity contribution < 1.29 is 28.2 Å². The Morgan fingerprint density at radius 1 is 1.13 bits per heavy atom. The molecule has 4 amide bonds. The lowest BCUT2D eigenvalue weighted by molar-refractivity contribution is -0.127. The lowest BCUT2D eigenvalue weighted by Crippen LogP contribution is -2.38. The number of aryl methyl sites for hydroxylation is 1. The summed E-state index contributed by atoms with van der Waals surface area (Å²) >= 11 is 2.07. The number of benzene rings is 3. The fraction of sp³-hybridized carbons (Fsp3) is 0.179. The third-order valence-electron chi connectivity index (χ3n) is 5.77. The predicted molar refractivity (Wildman–Crippen MR) is 149 cm³/mol. The smallest absolute Gasteiger partial charge is 0.329 e. The lowest BCUT2D eigenvalue weighted by Gasteiger charge is -2.14. The molecule has 0 aromatic heterocycles. The molecule has 0 aliphatic carbocycles. The summed E-state index contributed by atoms with van der Waals surface area (Å²) in [5.41, 5.74) is 2.87. The molecule has 0 unspecified atom stereocenters. The Hall–Kier alpha value is -3.93. The van der Waals surface area contributed by atoms with Gasteiger partial charge in [-0.3, -0.25) is 9.59 Å². The van der Waals surface area contributed by atoms with Crippen LogP contribution in [0.15, 0.2) is 66.4 Å². The van der Waals surface area contributed by atoms with E-state index >= 15 is 0 Å². The second-order valence-electron chi connectivity index (χ2n) is 8.39. The van der Waals surface area contributed by atoms with Crippen LogP contribution in [0, 0.1) is 9.39 Å². The minimum Gasteiger partial charge on any atom is -0.493 e. The molecule has 0 saturated carbocycles. The highest BCUT2D eigenvalue weighted by Crippen LogP contribution is 2.35. The fourth-order valence-corrected chi connectivity index (χ4v) is 4.69. The van der Waals surface area contributed by atoms with Gasteiger partial charge in [0.1, 0.15) is 24.7 Å². The molecule has 1 saturated heterocycles. The van der Waals surface area contributed by atoms with Gasteiger partial charge >= 0.3 is 6.03 Å². The number of anilines is 1. The number of carbonyl (C=O) groups excluding carboxylic acids is 3. The van der Waals surface area contributed by atoms with Crippen LogP contribution in [0.2, 0.25) is 0 Å². The van der Waals surface area contributed by atoms with Crippen LogP contribution in [-0.2, 0) is 22.6 Å². The largest absolute Gasteiger partial charge is 0.493 e. The van der Waals surface area contributed by atoms with Crippen molar-refractivity contribution in [2.45, 2.75) is 20.0 Å². The molecule has 0 atom stereocenters. The third kappa shape index (κ3) is 6.31. The maximum Gasteiger partial charge on any atom is 0.329 e. The summed E-state index contributed by atoms with van der Waals surface area (Å²) in [4.78, 5) is 38.9. The molecule has 1 aliphatic rings. The van der Waals surface area contributed by atoms with Crippen LogP contribution in [0.1, 0.15) is 23.6 Å². The van der Waals surface area contributed by atoms with Gasteiger partial charge in [-0.25, -0.2) is 14.1 Å². The summed E-state index contributed by atoms with van der Waals surface area (Å²) in [6.45, 7) is 1.69. The van der Waals surface area contributed by atoms with Gasteiger partial charge in [-0.15, -0.1) is 0 Å². The summed E-state index contributed by atoms with van der Waals surface area (Å²) in [6, 6.07) is 16.2. The van der Waals surface area contributed by atoms with E-state index in [4.69, 9.17) is 9.47 Å². The van der Waals surface area contributed by atoms with Crippen LogP contribution in [0.4, 0.5) is 14.9 Å². The summed E-state index contributed by atoms with van der Waals surface area (Å²) in [5, 5.41) is 5.29. The number of halogens is 2. The van der Waals surface area contributed by atoms with Gasteiger partial charge in [0.25, 0.3) is 5.91 Å². The second-order valence-corrected chi connectivity index (χ2v) is 9.55. The normalized spacial score (nSPS) is 14.0. The number of urea groups is 1. The van der Waals surface area contributed by atoms with Crippen LogP contribution >= 0.6 is 22.6 Å². The molecule has 196 valence electrons. The molecule has 3 aromatic carbocycles. The number of nitrogens with zero attached hydrogens (tertiary/aromatic N) is 1. The first-order valence-electron chi connectivity index (χ1n) is 11.8. The molecule has 1 fully saturated rings. The number of para-hydroxylation sites is 1. The van der Waals surface area contributed by atoms with Crippen molar-refractivity contribution in [1.29, 1.82) is 0 Å². The first-order chi connectivity index (χ1) is 18.3. The number of imide groups is 1. The summed E-state index contributed by atoms with van der Waals surface area (Å²) < 4.78 is 25.5. The minimum absolute atomic E-state index is 0.0306. The third-order valence-corrected chi connectivity index (χ3v) is 6.57. The standard InChI is InChI=1S/C28H25FIN3O5/c1-3-19-8-4-5-10-22(19)31-25(34)15-33-27(35)23(32-28(33)36)13-18-12-21(30)26(24(14-18)37-2)38-16-17-7-6-9-20(29)11-17/h4-14H,3,15-16H2,1-2H3,(H,31,34)(H,32,36)/b23-13+. The van der Waals surface area contributed by atoms with E-state index in [0.717, 1.165) is 16.9 Å². The quantitative estimate of drug-likeness (QED) is 0.195. The van der Waals surface area contributed by atoms with E-state index in [9.17, 15) is 18.8 Å². The SMILES string of the molecule is CCc1ccccc1NC(=O)CN1C(=O)N/C(=C/c2cc(I)c(OCc3cccc(F)c3)c(OC)c2)C1=O. The number of ether oxygens (including phenoxy) is 2. The van der Waals surface area contributed by atoms with E-state index in [-0.39, 0.29) is 18.1 Å². The maximum absolute atomic E-state index is 13.5. The van der Waals surface area contributed by atoms with E-state index in [2.05, 4.69) is 33.2 Å². The average Bonchev–Trinajstić information content (AvgIpc) is 3.15. The number of hydrogen-bond donors (Lipinski definition) is 2. The highest BCUT2D eigenvalue weighted by Gasteiger charge is 2.35. The van der Waals surface area contributed by atoms with Gasteiger partial charge in [-0.05, 0) is 82.1 Å². The Morgan fingerprint density at radius 2 is 1.92 bits per heavy atom. The maximum atomic E-state index is 13.5. The Morgan fingerprint density at radius 3 is 2.66 bits per heavy atom. The van der Waals surface area contributed by atoms with Crippen molar-refractivity contribution in [3.8, 4) is 11.5 Å². The first-order valence-corrected chi connectivity index (χ1v) is 12.8. The number of rotatable bonds is 9. The van der Waals surface area contributed by atoms with Crippen LogP contribution in [0.25, 0.3) is 6.08 Å². The zero-order valence-corrected chi connectivity index (χ0v) is 22.9. The predicted octanol–water partition coefficient (Wildman–Crippen LogP) is 5.11. The Labute approximate surface area is 232 Å². The van der Waals surface area contributed by atoms with Gasteiger partial charge in [-0.1, -0.05) is 37.3 Å². The first kappa shape index (κ1) is 27.1. The molecule has 3 aromatic rings. The Balaban J connectivity index is 1.47. The van der Waals surface area contributed by atoms with Gasteiger partial charge in [0.15, 0.2) is 11.5 Å². The molecule has 1 aliphatic heterocycles. The molecule has 0 spiro atoms. The van der Waals surface area contributed by atoms with Crippen molar-refractivity contribution in [3.05, 3.63) is 92.4 Å². The monoisotopic (exact) mass is 629 g/mol. The van der Waals surface area contributed by atoms with Gasteiger partial charge in [0.2, 0.25) is 5.91 Å². The number of hydrogen-bond acceptors (Lipinski definition) is 5. The minimum atomic E-state index is -0.683. The van der Waals surface area contributed by atoms with Crippen LogP contribution in [0.5, 0.6) is 11.5 Å². The van der Waals surface area contributed by atoms with Crippen molar-refractivity contribution in [3.63, 3.8) is 0 Å². The van der Waals surface area contributed by atoms with Crippen LogP contribution in [-0.4, -0.2) is 36.4 Å². The Kier molecular flexibility index (Phi) is 8.62. The number of amides is 4. The van der Waals surface area contributed by atoms with Gasteiger partial charge < -0.3 is 20.1 Å². The van der Waals surface area contributed by atoms with E-state index in [1.54, 1.807) is 36.4 Å². The van der Waals surface area contributed by atoms with Crippen molar-refractivity contribution in [2.24, 2.45) is 0 Å². The highest BCUT2D eigenvalue weighted by molar-refractivity contribution is 14.1. The van der Waals surface area contributed by atoms with E-state index < -0.39 is 24.4 Å². The summed E-state index contributed by atoms with van der Waals surface area (Å²) in [6.07, 6.45) is 2.23. The summed E-state index contributed by atoms with van der Waals surface area (Å²) in [7, 11) is 1.48. The summed E-state index contributed by atoms with van der Waals surface area (Å²) in [5.74, 6) is -0.578. The number of methoxy groups -OCH3 is 1. The molecule has 38 heavy (non-hydrogen) atoms. The molecule has 8 nitrogen and oxygen atoms in total. The molecular formula is C28H25FIN3O5. The topological polar surface area (TPSA) is 97.0 Å². The van der Waals surface area contributed by atoms with E-state index in [1.165, 1.54) is 25.3 Å². The highest BCUT2D eigenvalue weighted by atomic mass is 127. The van der Waals surface area contributed by atoms with Gasteiger partial charge in [0.05, 0.1) is 10.7 Å². The molecule has 1 heterocycles. The Bertz CT molecular complexity index is 1430. The average molecular weight is 629 g/mol. The molecular weight excluding hydrogens is 604 g/mol. The van der Waals surface area contributed by atoms with Crippen LogP contribution < -0.4 is 20.1 Å². The van der Waals surface area contributed by atoms with Crippen molar-refractivity contribution >= 4 is 52.2 Å². The van der Waals surface area contributed by atoms with E-state index in [1.807, 2.05) is 19.1 Å².